The highest BCUT2D eigenvalue weighted by atomic mass is 15.2. The first-order valence-corrected chi connectivity index (χ1v) is 7.10. The van der Waals surface area contributed by atoms with E-state index in [0.717, 1.165) is 30.2 Å². The molecule has 0 saturated carbocycles. The molecule has 3 rings (SSSR count). The van der Waals surface area contributed by atoms with Crippen LogP contribution in [0.3, 0.4) is 0 Å². The predicted molar refractivity (Wildman–Crippen MR) is 83.2 cm³/mol. The third kappa shape index (κ3) is 2.33. The molecule has 1 fully saturated rings. The summed E-state index contributed by atoms with van der Waals surface area (Å²) < 4.78 is 0. The van der Waals surface area contributed by atoms with Gasteiger partial charge in [0.15, 0.2) is 5.82 Å². The van der Waals surface area contributed by atoms with Crippen LogP contribution >= 0.6 is 0 Å². The number of aromatic nitrogens is 2. The molecule has 0 radical (unpaired) electrons. The largest absolute Gasteiger partial charge is 0.377 e. The number of rotatable bonds is 3. The SMILES string of the molecule is CN(C)c1ccccc1-c1nccnc1N1CCCC1. The summed E-state index contributed by atoms with van der Waals surface area (Å²) in [4.78, 5) is 13.7. The van der Waals surface area contributed by atoms with E-state index >= 15 is 0 Å². The highest BCUT2D eigenvalue weighted by Crippen LogP contribution is 2.34. The average Bonchev–Trinajstić information content (AvgIpc) is 3.01. The highest BCUT2D eigenvalue weighted by molar-refractivity contribution is 5.82. The first kappa shape index (κ1) is 12.9. The second kappa shape index (κ2) is 5.49. The molecular weight excluding hydrogens is 248 g/mol. The van der Waals surface area contributed by atoms with E-state index < -0.39 is 0 Å². The molecule has 0 bridgehead atoms. The molecule has 4 heteroatoms. The lowest BCUT2D eigenvalue weighted by atomic mass is 10.1. The van der Waals surface area contributed by atoms with Gasteiger partial charge >= 0.3 is 0 Å². The summed E-state index contributed by atoms with van der Waals surface area (Å²) >= 11 is 0. The van der Waals surface area contributed by atoms with E-state index in [-0.39, 0.29) is 0 Å². The zero-order chi connectivity index (χ0) is 13.9. The van der Waals surface area contributed by atoms with Crippen molar-refractivity contribution in [3.05, 3.63) is 36.7 Å². The molecule has 0 aliphatic carbocycles. The smallest absolute Gasteiger partial charge is 0.155 e. The van der Waals surface area contributed by atoms with Crippen molar-refractivity contribution in [3.8, 4) is 11.3 Å². The van der Waals surface area contributed by atoms with Gasteiger partial charge in [-0.05, 0) is 18.9 Å². The minimum atomic E-state index is 0.985. The van der Waals surface area contributed by atoms with Crippen molar-refractivity contribution in [2.75, 3.05) is 37.0 Å². The second-order valence-electron chi connectivity index (χ2n) is 5.33. The standard InChI is InChI=1S/C16H20N4/c1-19(2)14-8-4-3-7-13(14)15-16(18-10-9-17-15)20-11-5-6-12-20/h3-4,7-10H,5-6,11-12H2,1-2H3. The van der Waals surface area contributed by atoms with Gasteiger partial charge < -0.3 is 9.80 Å². The Hall–Kier alpha value is -2.10. The molecule has 2 heterocycles. The predicted octanol–water partition coefficient (Wildman–Crippen LogP) is 2.81. The lowest BCUT2D eigenvalue weighted by molar-refractivity contribution is 0.929. The van der Waals surface area contributed by atoms with Crippen LogP contribution in [0.4, 0.5) is 11.5 Å². The fourth-order valence-electron chi connectivity index (χ4n) is 2.74. The van der Waals surface area contributed by atoms with Crippen molar-refractivity contribution >= 4 is 11.5 Å². The zero-order valence-corrected chi connectivity index (χ0v) is 12.1. The van der Waals surface area contributed by atoms with Gasteiger partial charge in [0.05, 0.1) is 0 Å². The van der Waals surface area contributed by atoms with Gasteiger partial charge in [-0.3, -0.25) is 4.98 Å². The molecule has 0 atom stereocenters. The summed E-state index contributed by atoms with van der Waals surface area (Å²) in [5.74, 6) is 1.01. The molecule has 0 unspecified atom stereocenters. The minimum absolute atomic E-state index is 0.985. The van der Waals surface area contributed by atoms with Gasteiger partial charge in [0.2, 0.25) is 0 Å². The fraction of sp³-hybridized carbons (Fsp3) is 0.375. The van der Waals surface area contributed by atoms with E-state index in [2.05, 4.69) is 58.1 Å². The molecule has 1 saturated heterocycles. The summed E-state index contributed by atoms with van der Waals surface area (Å²) in [5.41, 5.74) is 3.31. The summed E-state index contributed by atoms with van der Waals surface area (Å²) in [5, 5.41) is 0. The molecule has 0 amide bonds. The topological polar surface area (TPSA) is 32.3 Å². The van der Waals surface area contributed by atoms with Crippen molar-refractivity contribution < 1.29 is 0 Å². The number of para-hydroxylation sites is 1. The number of hydrogen-bond donors (Lipinski definition) is 0. The Morgan fingerprint density at radius 1 is 1.00 bits per heavy atom. The van der Waals surface area contributed by atoms with Gasteiger partial charge in [0.25, 0.3) is 0 Å². The second-order valence-corrected chi connectivity index (χ2v) is 5.33. The molecule has 20 heavy (non-hydrogen) atoms. The van der Waals surface area contributed by atoms with Crippen LogP contribution in [0, 0.1) is 0 Å². The van der Waals surface area contributed by atoms with Gasteiger partial charge in [-0.15, -0.1) is 0 Å². The van der Waals surface area contributed by atoms with Crippen LogP contribution in [0.2, 0.25) is 0 Å². The quantitative estimate of drug-likeness (QED) is 0.857. The minimum Gasteiger partial charge on any atom is -0.377 e. The van der Waals surface area contributed by atoms with Crippen molar-refractivity contribution in [3.63, 3.8) is 0 Å². The Morgan fingerprint density at radius 3 is 2.45 bits per heavy atom. The molecule has 1 aliphatic heterocycles. The van der Waals surface area contributed by atoms with Crippen LogP contribution in [0.5, 0.6) is 0 Å². The van der Waals surface area contributed by atoms with Crippen LogP contribution in [0.15, 0.2) is 36.7 Å². The van der Waals surface area contributed by atoms with E-state index in [1.54, 1.807) is 12.4 Å². The first-order chi connectivity index (χ1) is 9.77. The number of benzene rings is 1. The molecule has 0 N–H and O–H groups in total. The van der Waals surface area contributed by atoms with Gasteiger partial charge in [-0.25, -0.2) is 4.98 Å². The van der Waals surface area contributed by atoms with Crippen molar-refractivity contribution in [2.24, 2.45) is 0 Å². The van der Waals surface area contributed by atoms with E-state index in [9.17, 15) is 0 Å². The molecular formula is C16H20N4. The van der Waals surface area contributed by atoms with E-state index in [0.29, 0.717) is 0 Å². The van der Waals surface area contributed by atoms with E-state index in [1.165, 1.54) is 18.5 Å². The van der Waals surface area contributed by atoms with Gasteiger partial charge in [0, 0.05) is 50.8 Å². The fourth-order valence-corrected chi connectivity index (χ4v) is 2.74. The monoisotopic (exact) mass is 268 g/mol. The van der Waals surface area contributed by atoms with Crippen LogP contribution in [0.25, 0.3) is 11.3 Å². The third-order valence-electron chi connectivity index (χ3n) is 3.73. The average molecular weight is 268 g/mol. The maximum absolute atomic E-state index is 4.61. The summed E-state index contributed by atoms with van der Waals surface area (Å²) in [6.45, 7) is 2.16. The molecule has 2 aromatic rings. The van der Waals surface area contributed by atoms with Crippen LogP contribution in [-0.2, 0) is 0 Å². The lowest BCUT2D eigenvalue weighted by Gasteiger charge is -2.22. The molecule has 4 nitrogen and oxygen atoms in total. The molecule has 1 aromatic carbocycles. The van der Waals surface area contributed by atoms with E-state index in [1.807, 2.05) is 0 Å². The van der Waals surface area contributed by atoms with Crippen molar-refractivity contribution in [1.82, 2.24) is 9.97 Å². The molecule has 104 valence electrons. The van der Waals surface area contributed by atoms with Gasteiger partial charge in [-0.2, -0.15) is 0 Å². The lowest BCUT2D eigenvalue weighted by Crippen LogP contribution is -2.20. The summed E-state index contributed by atoms with van der Waals surface area (Å²) in [6.07, 6.45) is 6.05. The van der Waals surface area contributed by atoms with Gasteiger partial charge in [-0.1, -0.05) is 18.2 Å². The number of nitrogens with zero attached hydrogens (tertiary/aromatic N) is 4. The Balaban J connectivity index is 2.10. The summed E-state index contributed by atoms with van der Waals surface area (Å²) in [7, 11) is 4.12. The Morgan fingerprint density at radius 2 is 1.70 bits per heavy atom. The maximum Gasteiger partial charge on any atom is 0.155 e. The van der Waals surface area contributed by atoms with E-state index in [4.69, 9.17) is 0 Å². The Kier molecular flexibility index (Phi) is 3.54. The highest BCUT2D eigenvalue weighted by Gasteiger charge is 2.20. The van der Waals surface area contributed by atoms with Gasteiger partial charge in [0.1, 0.15) is 5.69 Å². The van der Waals surface area contributed by atoms with Crippen LogP contribution < -0.4 is 9.80 Å². The normalized spacial score (nSPS) is 14.6. The number of anilines is 2. The van der Waals surface area contributed by atoms with Crippen molar-refractivity contribution in [2.45, 2.75) is 12.8 Å². The zero-order valence-electron chi connectivity index (χ0n) is 12.1. The molecule has 1 aliphatic rings. The first-order valence-electron chi connectivity index (χ1n) is 7.10. The molecule has 0 spiro atoms. The van der Waals surface area contributed by atoms with Crippen LogP contribution in [-0.4, -0.2) is 37.2 Å². The summed E-state index contributed by atoms with van der Waals surface area (Å²) in [6, 6.07) is 8.37. The number of hydrogen-bond acceptors (Lipinski definition) is 4. The maximum atomic E-state index is 4.61. The van der Waals surface area contributed by atoms with Crippen molar-refractivity contribution in [1.29, 1.82) is 0 Å². The van der Waals surface area contributed by atoms with Crippen LogP contribution in [0.1, 0.15) is 12.8 Å². The molecule has 1 aromatic heterocycles. The third-order valence-corrected chi connectivity index (χ3v) is 3.73. The Bertz CT molecular complexity index is 589. The Labute approximate surface area is 120 Å².